The molecule has 0 aliphatic heterocycles. The van der Waals surface area contributed by atoms with Gasteiger partial charge in [-0.2, -0.15) is 0 Å². The van der Waals surface area contributed by atoms with Gasteiger partial charge in [0.15, 0.2) is 0 Å². The molecule has 0 unspecified atom stereocenters. The van der Waals surface area contributed by atoms with Crippen LogP contribution in [0.25, 0.3) is 10.1 Å². The third-order valence-electron chi connectivity index (χ3n) is 2.26. The fourth-order valence-electron chi connectivity index (χ4n) is 1.45. The Morgan fingerprint density at radius 3 is 2.85 bits per heavy atom. The van der Waals surface area contributed by atoms with E-state index in [2.05, 4.69) is 54.6 Å². The minimum absolute atomic E-state index is 1.13. The number of benzene rings is 1. The Morgan fingerprint density at radius 2 is 2.15 bits per heavy atom. The van der Waals surface area contributed by atoms with E-state index >= 15 is 0 Å². The highest BCUT2D eigenvalue weighted by Gasteiger charge is 2.05. The van der Waals surface area contributed by atoms with Gasteiger partial charge in [-0.05, 0) is 47.6 Å². The van der Waals surface area contributed by atoms with Crippen molar-refractivity contribution < 1.29 is 0 Å². The smallest absolute Gasteiger partial charge is 0.0359 e. The molecule has 0 aliphatic carbocycles. The summed E-state index contributed by atoms with van der Waals surface area (Å²) in [6, 6.07) is 6.80. The summed E-state index contributed by atoms with van der Waals surface area (Å²) in [5.74, 6) is 0. The highest BCUT2D eigenvalue weighted by molar-refractivity contribution is 14.1. The molecular weight excluding hydrogens is 291 g/mol. The maximum absolute atomic E-state index is 2.43. The second-order valence-corrected chi connectivity index (χ2v) is 5.49. The molecule has 2 aromatic rings. The van der Waals surface area contributed by atoms with Crippen LogP contribution in [0.5, 0.6) is 0 Å². The van der Waals surface area contributed by atoms with E-state index in [1.807, 2.05) is 11.3 Å². The van der Waals surface area contributed by atoms with E-state index in [-0.39, 0.29) is 0 Å². The summed E-state index contributed by atoms with van der Waals surface area (Å²) in [7, 11) is 0. The summed E-state index contributed by atoms with van der Waals surface area (Å²) < 4.78 is 2.85. The van der Waals surface area contributed by atoms with Crippen LogP contribution in [-0.4, -0.2) is 0 Å². The van der Waals surface area contributed by atoms with Crippen molar-refractivity contribution in [2.45, 2.75) is 20.3 Å². The molecule has 0 fully saturated rings. The van der Waals surface area contributed by atoms with E-state index in [1.165, 1.54) is 24.1 Å². The van der Waals surface area contributed by atoms with Gasteiger partial charge in [0.25, 0.3) is 0 Å². The zero-order valence-corrected chi connectivity index (χ0v) is 10.7. The van der Waals surface area contributed by atoms with E-state index in [0.29, 0.717) is 0 Å². The van der Waals surface area contributed by atoms with Crippen molar-refractivity contribution in [2.75, 3.05) is 0 Å². The standard InChI is InChI=1S/C11H11IS/c1-3-8-4-5-9-10(6-8)13-7(2)11(9)12/h4-6H,3H2,1-2H3. The SMILES string of the molecule is CCc1ccc2c(I)c(C)sc2c1. The third kappa shape index (κ3) is 1.62. The van der Waals surface area contributed by atoms with Gasteiger partial charge in [-0.15, -0.1) is 11.3 Å². The Labute approximate surface area is 96.1 Å². The van der Waals surface area contributed by atoms with Crippen LogP contribution < -0.4 is 0 Å². The molecule has 0 spiro atoms. The molecule has 0 radical (unpaired) electrons. The molecule has 0 bridgehead atoms. The number of fused-ring (bicyclic) bond motifs is 1. The first-order valence-electron chi connectivity index (χ1n) is 4.40. The van der Waals surface area contributed by atoms with Crippen LogP contribution in [0.3, 0.4) is 0 Å². The highest BCUT2D eigenvalue weighted by atomic mass is 127. The van der Waals surface area contributed by atoms with Gasteiger partial charge in [-0.25, -0.2) is 0 Å². The number of halogens is 1. The topological polar surface area (TPSA) is 0 Å². The molecule has 1 heterocycles. The summed E-state index contributed by atoms with van der Waals surface area (Å²) in [4.78, 5) is 1.43. The summed E-state index contributed by atoms with van der Waals surface area (Å²) in [6.07, 6.45) is 1.13. The molecule has 0 aliphatic rings. The normalized spacial score (nSPS) is 11.0. The maximum atomic E-state index is 2.43. The fourth-order valence-corrected chi connectivity index (χ4v) is 3.46. The van der Waals surface area contributed by atoms with Crippen molar-refractivity contribution in [2.24, 2.45) is 0 Å². The predicted octanol–water partition coefficient (Wildman–Crippen LogP) is 4.38. The van der Waals surface area contributed by atoms with E-state index < -0.39 is 0 Å². The van der Waals surface area contributed by atoms with Crippen LogP contribution in [0.2, 0.25) is 0 Å². The summed E-state index contributed by atoms with van der Waals surface area (Å²) in [5, 5.41) is 1.42. The van der Waals surface area contributed by atoms with Crippen LogP contribution in [0.15, 0.2) is 18.2 Å². The number of hydrogen-bond acceptors (Lipinski definition) is 1. The molecule has 1 aromatic carbocycles. The first-order chi connectivity index (χ1) is 6.22. The number of hydrogen-bond donors (Lipinski definition) is 0. The van der Waals surface area contributed by atoms with Gasteiger partial charge in [0, 0.05) is 18.5 Å². The predicted molar refractivity (Wildman–Crippen MR) is 68.7 cm³/mol. The lowest BCUT2D eigenvalue weighted by Crippen LogP contribution is -1.77. The van der Waals surface area contributed by atoms with Gasteiger partial charge < -0.3 is 0 Å². The van der Waals surface area contributed by atoms with Gasteiger partial charge in [0.05, 0.1) is 0 Å². The second kappa shape index (κ2) is 3.58. The van der Waals surface area contributed by atoms with Crippen LogP contribution in [0, 0.1) is 10.5 Å². The van der Waals surface area contributed by atoms with Gasteiger partial charge in [0.2, 0.25) is 0 Å². The van der Waals surface area contributed by atoms with E-state index in [1.54, 1.807) is 0 Å². The van der Waals surface area contributed by atoms with Crippen LogP contribution in [0.4, 0.5) is 0 Å². The van der Waals surface area contributed by atoms with Gasteiger partial charge >= 0.3 is 0 Å². The molecule has 13 heavy (non-hydrogen) atoms. The molecule has 0 saturated carbocycles. The Bertz CT molecular complexity index is 443. The Morgan fingerprint density at radius 1 is 1.38 bits per heavy atom. The van der Waals surface area contributed by atoms with Gasteiger partial charge in [-0.1, -0.05) is 19.1 Å². The average Bonchev–Trinajstić information content (AvgIpc) is 2.42. The summed E-state index contributed by atoms with van der Waals surface area (Å²) in [6.45, 7) is 4.39. The fraction of sp³-hybridized carbons (Fsp3) is 0.273. The average molecular weight is 302 g/mol. The zero-order chi connectivity index (χ0) is 9.42. The maximum Gasteiger partial charge on any atom is 0.0359 e. The molecule has 1 aromatic heterocycles. The first kappa shape index (κ1) is 9.46. The van der Waals surface area contributed by atoms with Crippen molar-refractivity contribution in [1.82, 2.24) is 0 Å². The molecule has 0 amide bonds. The first-order valence-corrected chi connectivity index (χ1v) is 6.29. The molecule has 2 heteroatoms. The van der Waals surface area contributed by atoms with Gasteiger partial charge in [0.1, 0.15) is 0 Å². The lowest BCUT2D eigenvalue weighted by Gasteiger charge is -1.95. The van der Waals surface area contributed by atoms with Crippen molar-refractivity contribution in [3.63, 3.8) is 0 Å². The van der Waals surface area contributed by atoms with E-state index in [9.17, 15) is 0 Å². The molecule has 2 rings (SSSR count). The zero-order valence-electron chi connectivity index (χ0n) is 7.73. The Hall–Kier alpha value is -0.0900. The van der Waals surface area contributed by atoms with Crippen molar-refractivity contribution in [3.05, 3.63) is 32.2 Å². The van der Waals surface area contributed by atoms with Gasteiger partial charge in [-0.3, -0.25) is 0 Å². The van der Waals surface area contributed by atoms with Crippen molar-refractivity contribution >= 4 is 44.0 Å². The molecule has 68 valence electrons. The lowest BCUT2D eigenvalue weighted by molar-refractivity contribution is 1.15. The monoisotopic (exact) mass is 302 g/mol. The minimum atomic E-state index is 1.13. The van der Waals surface area contributed by atoms with E-state index in [0.717, 1.165) is 6.42 Å². The van der Waals surface area contributed by atoms with Crippen LogP contribution in [0.1, 0.15) is 17.4 Å². The Balaban J connectivity index is 2.73. The molecule has 0 N–H and O–H groups in total. The minimum Gasteiger partial charge on any atom is -0.139 e. The van der Waals surface area contributed by atoms with Crippen molar-refractivity contribution in [1.29, 1.82) is 0 Å². The second-order valence-electron chi connectivity index (χ2n) is 3.16. The number of aryl methyl sites for hydroxylation is 2. The molecule has 0 saturated heterocycles. The van der Waals surface area contributed by atoms with Crippen LogP contribution in [-0.2, 0) is 6.42 Å². The summed E-state index contributed by atoms with van der Waals surface area (Å²) in [5.41, 5.74) is 1.44. The Kier molecular flexibility index (Phi) is 2.60. The lowest BCUT2D eigenvalue weighted by atomic mass is 10.1. The van der Waals surface area contributed by atoms with Crippen LogP contribution >= 0.6 is 33.9 Å². The quantitative estimate of drug-likeness (QED) is 0.686. The largest absolute Gasteiger partial charge is 0.139 e. The van der Waals surface area contributed by atoms with Crippen molar-refractivity contribution in [3.8, 4) is 0 Å². The van der Waals surface area contributed by atoms with E-state index in [4.69, 9.17) is 0 Å². The molecule has 0 atom stereocenters. The molecular formula is C11H11IS. The molecule has 0 nitrogen and oxygen atoms in total. The number of rotatable bonds is 1. The highest BCUT2D eigenvalue weighted by Crippen LogP contribution is 2.32. The third-order valence-corrected chi connectivity index (χ3v) is 5.09. The number of thiophene rings is 1. The summed E-state index contributed by atoms with van der Waals surface area (Å²) >= 11 is 4.33.